The van der Waals surface area contributed by atoms with Gasteiger partial charge in [-0.25, -0.2) is 17.5 Å². The van der Waals surface area contributed by atoms with Crippen molar-refractivity contribution in [2.75, 3.05) is 12.4 Å². The molecule has 0 atom stereocenters. The van der Waals surface area contributed by atoms with E-state index in [1.165, 1.54) is 18.6 Å². The summed E-state index contributed by atoms with van der Waals surface area (Å²) in [5.41, 5.74) is -0.146. The Morgan fingerprint density at radius 2 is 1.75 bits per heavy atom. The lowest BCUT2D eigenvalue weighted by atomic mass is 9.76. The average Bonchev–Trinajstić information content (AvgIpc) is 2.47. The van der Waals surface area contributed by atoms with Crippen LogP contribution in [0.25, 0.3) is 0 Å². The van der Waals surface area contributed by atoms with E-state index in [1.807, 2.05) is 0 Å². The van der Waals surface area contributed by atoms with E-state index in [0.29, 0.717) is 12.4 Å². The summed E-state index contributed by atoms with van der Waals surface area (Å²) in [5.74, 6) is 0.00678. The van der Waals surface area contributed by atoms with Gasteiger partial charge in [0, 0.05) is 12.4 Å². The van der Waals surface area contributed by atoms with E-state index in [0.717, 1.165) is 37.8 Å². The second-order valence-corrected chi connectivity index (χ2v) is 7.51. The van der Waals surface area contributed by atoms with E-state index in [-0.39, 0.29) is 10.3 Å². The molecule has 0 aromatic heterocycles. The minimum Gasteiger partial charge on any atom is -0.211 e. The molecule has 0 amide bonds. The molecule has 0 saturated heterocycles. The molecule has 6 heteroatoms. The number of hydrogen-bond acceptors (Lipinski definition) is 2. The normalized spacial score (nSPS) is 18.9. The highest BCUT2D eigenvalue weighted by molar-refractivity contribution is 7.89. The molecule has 1 fully saturated rings. The Balaban J connectivity index is 2.06. The maximum absolute atomic E-state index is 12.8. The summed E-state index contributed by atoms with van der Waals surface area (Å²) in [6.45, 7) is 0.343. The van der Waals surface area contributed by atoms with E-state index >= 15 is 0 Å². The molecule has 3 nitrogen and oxygen atoms in total. The largest absolute Gasteiger partial charge is 0.240 e. The van der Waals surface area contributed by atoms with Gasteiger partial charge in [0.05, 0.1) is 4.90 Å². The highest BCUT2D eigenvalue weighted by Gasteiger charge is 2.32. The van der Waals surface area contributed by atoms with Crippen LogP contribution in [-0.2, 0) is 10.0 Å². The van der Waals surface area contributed by atoms with Gasteiger partial charge in [-0.2, -0.15) is 0 Å². The molecular weight excluding hydrogens is 301 g/mol. The third-order valence-electron chi connectivity index (χ3n) is 3.96. The molecule has 0 radical (unpaired) electrons. The number of alkyl halides is 1. The zero-order valence-electron chi connectivity index (χ0n) is 11.2. The maximum Gasteiger partial charge on any atom is 0.240 e. The molecule has 0 spiro atoms. The van der Waals surface area contributed by atoms with Gasteiger partial charge >= 0.3 is 0 Å². The Morgan fingerprint density at radius 1 is 1.15 bits per heavy atom. The maximum atomic E-state index is 12.8. The number of hydrogen-bond donors (Lipinski definition) is 1. The van der Waals surface area contributed by atoms with E-state index < -0.39 is 15.8 Å². The van der Waals surface area contributed by atoms with Crippen molar-refractivity contribution in [3.05, 3.63) is 30.1 Å². The molecule has 0 bridgehead atoms. The Bertz CT molecular complexity index is 539. The van der Waals surface area contributed by atoms with Gasteiger partial charge in [-0.05, 0) is 42.5 Å². The molecule has 112 valence electrons. The molecule has 1 saturated carbocycles. The second-order valence-electron chi connectivity index (χ2n) is 5.47. The van der Waals surface area contributed by atoms with Crippen LogP contribution in [0, 0.1) is 11.2 Å². The van der Waals surface area contributed by atoms with Gasteiger partial charge in [0.1, 0.15) is 5.82 Å². The lowest BCUT2D eigenvalue weighted by molar-refractivity contribution is 0.223. The highest BCUT2D eigenvalue weighted by Crippen LogP contribution is 2.37. The smallest absolute Gasteiger partial charge is 0.211 e. The zero-order chi connectivity index (χ0) is 14.6. The van der Waals surface area contributed by atoms with Crippen molar-refractivity contribution in [3.8, 4) is 0 Å². The van der Waals surface area contributed by atoms with Crippen LogP contribution in [0.5, 0.6) is 0 Å². The molecule has 1 N–H and O–H groups in total. The molecule has 1 aliphatic carbocycles. The van der Waals surface area contributed by atoms with Gasteiger partial charge in [0.2, 0.25) is 10.0 Å². The van der Waals surface area contributed by atoms with Crippen LogP contribution in [0.3, 0.4) is 0 Å². The molecule has 0 unspecified atom stereocenters. The average molecular weight is 320 g/mol. The number of benzene rings is 1. The van der Waals surface area contributed by atoms with Crippen LogP contribution in [0.1, 0.15) is 32.1 Å². The van der Waals surface area contributed by atoms with E-state index in [9.17, 15) is 12.8 Å². The van der Waals surface area contributed by atoms with Gasteiger partial charge in [0.25, 0.3) is 0 Å². The molecule has 1 aliphatic rings. The summed E-state index contributed by atoms with van der Waals surface area (Å²) < 4.78 is 39.8. The topological polar surface area (TPSA) is 46.2 Å². The number of rotatable bonds is 5. The van der Waals surface area contributed by atoms with Crippen molar-refractivity contribution in [2.24, 2.45) is 5.41 Å². The summed E-state index contributed by atoms with van der Waals surface area (Å²) in [5, 5.41) is 0. The van der Waals surface area contributed by atoms with Crippen LogP contribution in [0.15, 0.2) is 29.2 Å². The molecule has 1 aromatic rings. The summed E-state index contributed by atoms with van der Waals surface area (Å²) >= 11 is 6.05. The quantitative estimate of drug-likeness (QED) is 0.846. The third-order valence-corrected chi connectivity index (χ3v) is 5.94. The predicted molar refractivity (Wildman–Crippen MR) is 77.8 cm³/mol. The standard InChI is InChI=1S/C14H19ClFNO2S/c15-10-14(8-2-1-3-9-14)11-17-20(18,19)13-6-4-12(16)5-7-13/h4-7,17H,1-3,8-11H2. The Morgan fingerprint density at radius 3 is 2.30 bits per heavy atom. The van der Waals surface area contributed by atoms with Crippen LogP contribution in [-0.4, -0.2) is 20.8 Å². The van der Waals surface area contributed by atoms with Crippen molar-refractivity contribution < 1.29 is 12.8 Å². The van der Waals surface area contributed by atoms with Crippen molar-refractivity contribution >= 4 is 21.6 Å². The fourth-order valence-corrected chi connectivity index (χ4v) is 4.12. The SMILES string of the molecule is O=S(=O)(NCC1(CCl)CCCCC1)c1ccc(F)cc1. The number of halogens is 2. The zero-order valence-corrected chi connectivity index (χ0v) is 12.8. The first-order valence-corrected chi connectivity index (χ1v) is 8.80. The first-order chi connectivity index (χ1) is 9.47. The molecule has 1 aromatic carbocycles. The van der Waals surface area contributed by atoms with Crippen molar-refractivity contribution in [1.29, 1.82) is 0 Å². The van der Waals surface area contributed by atoms with E-state index in [4.69, 9.17) is 11.6 Å². The molecular formula is C14H19ClFNO2S. The first kappa shape index (κ1) is 15.7. The lowest BCUT2D eigenvalue weighted by Gasteiger charge is -2.35. The minimum absolute atomic E-state index is 0.0828. The van der Waals surface area contributed by atoms with E-state index in [1.54, 1.807) is 0 Å². The molecule has 0 aliphatic heterocycles. The van der Waals surface area contributed by atoms with Gasteiger partial charge in [-0.1, -0.05) is 19.3 Å². The summed E-state index contributed by atoms with van der Waals surface area (Å²) in [4.78, 5) is 0.0828. The van der Waals surface area contributed by atoms with Crippen molar-refractivity contribution in [2.45, 2.75) is 37.0 Å². The predicted octanol–water partition coefficient (Wildman–Crippen LogP) is 3.29. The molecule has 0 heterocycles. The second kappa shape index (κ2) is 6.41. The summed E-state index contributed by atoms with van der Waals surface area (Å²) in [6, 6.07) is 4.83. The Hall–Kier alpha value is -0.650. The van der Waals surface area contributed by atoms with Gasteiger partial charge in [0.15, 0.2) is 0 Å². The minimum atomic E-state index is -3.60. The van der Waals surface area contributed by atoms with Gasteiger partial charge < -0.3 is 0 Å². The fraction of sp³-hybridized carbons (Fsp3) is 0.571. The highest BCUT2D eigenvalue weighted by atomic mass is 35.5. The van der Waals surface area contributed by atoms with Crippen LogP contribution < -0.4 is 4.72 Å². The summed E-state index contributed by atoms with van der Waals surface area (Å²) in [6.07, 6.45) is 5.25. The number of nitrogens with one attached hydrogen (secondary N) is 1. The van der Waals surface area contributed by atoms with E-state index in [2.05, 4.69) is 4.72 Å². The van der Waals surface area contributed by atoms with Crippen LogP contribution >= 0.6 is 11.6 Å². The molecule has 2 rings (SSSR count). The van der Waals surface area contributed by atoms with Gasteiger partial charge in [-0.15, -0.1) is 11.6 Å². The summed E-state index contributed by atoms with van der Waals surface area (Å²) in [7, 11) is -3.60. The van der Waals surface area contributed by atoms with Crippen molar-refractivity contribution in [3.63, 3.8) is 0 Å². The van der Waals surface area contributed by atoms with Crippen LogP contribution in [0.4, 0.5) is 4.39 Å². The Labute approximate surface area is 124 Å². The lowest BCUT2D eigenvalue weighted by Crippen LogP contribution is -2.40. The van der Waals surface area contributed by atoms with Gasteiger partial charge in [-0.3, -0.25) is 0 Å². The first-order valence-electron chi connectivity index (χ1n) is 6.79. The number of sulfonamides is 1. The monoisotopic (exact) mass is 319 g/mol. The third kappa shape index (κ3) is 3.71. The van der Waals surface area contributed by atoms with Crippen molar-refractivity contribution in [1.82, 2.24) is 4.72 Å². The fourth-order valence-electron chi connectivity index (χ4n) is 2.60. The molecule has 20 heavy (non-hydrogen) atoms. The van der Waals surface area contributed by atoms with Crippen LogP contribution in [0.2, 0.25) is 0 Å². The Kier molecular flexibility index (Phi) is 5.04.